The molecule has 0 saturated carbocycles. The molecule has 0 aromatic carbocycles. The minimum Gasteiger partial charge on any atom is -0.463 e. The Bertz CT molecular complexity index is 304. The van der Waals surface area contributed by atoms with E-state index in [9.17, 15) is 14.7 Å². The molecule has 0 amide bonds. The molecule has 7 heteroatoms. The lowest BCUT2D eigenvalue weighted by Crippen LogP contribution is -2.57. The van der Waals surface area contributed by atoms with Gasteiger partial charge in [-0.1, -0.05) is 6.92 Å². The molecule has 1 aliphatic heterocycles. The molecule has 0 aliphatic carbocycles. The molecule has 1 heterocycles. The number of hydrogen-bond acceptors (Lipinski definition) is 7. The summed E-state index contributed by atoms with van der Waals surface area (Å²) in [7, 11) is 0. The number of aliphatic hydroxyl groups is 1. The van der Waals surface area contributed by atoms with Crippen molar-refractivity contribution in [2.75, 3.05) is 26.4 Å². The Morgan fingerprint density at radius 3 is 2.00 bits per heavy atom. The zero-order valence-electron chi connectivity index (χ0n) is 11.4. The molecular formula is C12H20O7. The highest BCUT2D eigenvalue weighted by atomic mass is 16.7. The van der Waals surface area contributed by atoms with E-state index in [1.165, 1.54) is 6.92 Å². The third kappa shape index (κ3) is 3.23. The van der Waals surface area contributed by atoms with Gasteiger partial charge in [0.05, 0.1) is 32.3 Å². The Morgan fingerprint density at radius 1 is 1.21 bits per heavy atom. The molecule has 0 aromatic rings. The number of rotatable bonds is 6. The third-order valence-electron chi connectivity index (χ3n) is 2.89. The normalized spacial score (nSPS) is 18.1. The topological polar surface area (TPSA) is 91.3 Å². The lowest BCUT2D eigenvalue weighted by atomic mass is 9.88. The third-order valence-corrected chi connectivity index (χ3v) is 2.89. The Morgan fingerprint density at radius 2 is 1.63 bits per heavy atom. The van der Waals surface area contributed by atoms with Crippen LogP contribution in [0.5, 0.6) is 0 Å². The predicted octanol–water partition coefficient (Wildman–Crippen LogP) is -0.147. The van der Waals surface area contributed by atoms with E-state index in [1.807, 2.05) is 0 Å². The van der Waals surface area contributed by atoms with Gasteiger partial charge in [0, 0.05) is 0 Å². The quantitative estimate of drug-likeness (QED) is 0.533. The molecule has 7 nitrogen and oxygen atoms in total. The predicted molar refractivity (Wildman–Crippen MR) is 63.1 cm³/mol. The Labute approximate surface area is 111 Å². The Hall–Kier alpha value is -1.18. The van der Waals surface area contributed by atoms with Crippen molar-refractivity contribution in [1.29, 1.82) is 0 Å². The van der Waals surface area contributed by atoms with E-state index in [0.29, 0.717) is 13.2 Å². The van der Waals surface area contributed by atoms with Crippen molar-refractivity contribution in [3.8, 4) is 0 Å². The summed E-state index contributed by atoms with van der Waals surface area (Å²) in [4.78, 5) is 23.8. The van der Waals surface area contributed by atoms with Gasteiger partial charge in [0.25, 0.3) is 5.60 Å². The van der Waals surface area contributed by atoms with Gasteiger partial charge in [-0.25, -0.2) is 9.59 Å². The van der Waals surface area contributed by atoms with Gasteiger partial charge in [-0.3, -0.25) is 0 Å². The second-order valence-corrected chi connectivity index (χ2v) is 4.11. The van der Waals surface area contributed by atoms with Crippen molar-refractivity contribution in [3.05, 3.63) is 0 Å². The molecule has 0 unspecified atom stereocenters. The molecule has 1 N–H and O–H groups in total. The molecular weight excluding hydrogens is 256 g/mol. The second-order valence-electron chi connectivity index (χ2n) is 4.11. The first-order valence-electron chi connectivity index (χ1n) is 6.28. The van der Waals surface area contributed by atoms with Crippen molar-refractivity contribution in [3.63, 3.8) is 0 Å². The fourth-order valence-corrected chi connectivity index (χ4v) is 1.80. The molecule has 110 valence electrons. The fourth-order valence-electron chi connectivity index (χ4n) is 1.80. The van der Waals surface area contributed by atoms with Crippen LogP contribution in [0, 0.1) is 5.92 Å². The summed E-state index contributed by atoms with van der Waals surface area (Å²) in [6.07, 6.45) is -0.848. The zero-order chi connectivity index (χ0) is 14.5. The van der Waals surface area contributed by atoms with Gasteiger partial charge in [0.2, 0.25) is 0 Å². The number of hydrogen-bond donors (Lipinski definition) is 1. The first-order chi connectivity index (χ1) is 8.98. The summed E-state index contributed by atoms with van der Waals surface area (Å²) in [5.41, 5.74) is -2.43. The van der Waals surface area contributed by atoms with Crippen molar-refractivity contribution in [2.24, 2.45) is 5.92 Å². The van der Waals surface area contributed by atoms with Crippen molar-refractivity contribution in [2.45, 2.75) is 32.7 Å². The van der Waals surface area contributed by atoms with Crippen LogP contribution in [0.1, 0.15) is 20.8 Å². The van der Waals surface area contributed by atoms with Crippen LogP contribution in [-0.4, -0.2) is 55.4 Å². The van der Waals surface area contributed by atoms with E-state index in [0.717, 1.165) is 0 Å². The SMILES string of the molecule is CCOC(=O)C(O)(C(=O)OCC)[C@H](C)C1OCCO1. The molecule has 0 radical (unpaired) electrons. The summed E-state index contributed by atoms with van der Waals surface area (Å²) in [5, 5.41) is 10.4. The van der Waals surface area contributed by atoms with Crippen LogP contribution in [-0.2, 0) is 28.5 Å². The molecule has 1 saturated heterocycles. The van der Waals surface area contributed by atoms with Crippen LogP contribution in [0.2, 0.25) is 0 Å². The summed E-state index contributed by atoms with van der Waals surface area (Å²) >= 11 is 0. The molecule has 0 aromatic heterocycles. The highest BCUT2D eigenvalue weighted by molar-refractivity contribution is 6.03. The van der Waals surface area contributed by atoms with Crippen LogP contribution in [0.25, 0.3) is 0 Å². The number of carbonyl (C=O) groups is 2. The van der Waals surface area contributed by atoms with Gasteiger partial charge in [-0.05, 0) is 13.8 Å². The standard InChI is InChI=1S/C12H20O7/c1-4-16-10(13)12(15,11(14)17-5-2)8(3)9-18-6-7-19-9/h8-9,15H,4-7H2,1-3H3/t8-/m1/s1. The van der Waals surface area contributed by atoms with Crippen LogP contribution in [0.3, 0.4) is 0 Å². The molecule has 1 rings (SSSR count). The first kappa shape index (κ1) is 15.9. The van der Waals surface area contributed by atoms with Gasteiger partial charge in [-0.15, -0.1) is 0 Å². The lowest BCUT2D eigenvalue weighted by molar-refractivity contribution is -0.205. The molecule has 0 spiro atoms. The Balaban J connectivity index is 2.95. The second kappa shape index (κ2) is 6.83. The zero-order valence-corrected chi connectivity index (χ0v) is 11.4. The van der Waals surface area contributed by atoms with Gasteiger partial charge in [0.15, 0.2) is 6.29 Å². The van der Waals surface area contributed by atoms with Gasteiger partial charge < -0.3 is 24.1 Å². The van der Waals surface area contributed by atoms with E-state index in [1.54, 1.807) is 13.8 Å². The number of ether oxygens (including phenoxy) is 4. The van der Waals surface area contributed by atoms with Crippen molar-refractivity contribution >= 4 is 11.9 Å². The van der Waals surface area contributed by atoms with E-state index in [4.69, 9.17) is 18.9 Å². The van der Waals surface area contributed by atoms with E-state index in [-0.39, 0.29) is 13.2 Å². The molecule has 1 atom stereocenters. The molecule has 0 bridgehead atoms. The molecule has 1 aliphatic rings. The van der Waals surface area contributed by atoms with Crippen LogP contribution >= 0.6 is 0 Å². The smallest absolute Gasteiger partial charge is 0.350 e. The maximum atomic E-state index is 11.9. The summed E-state index contributed by atoms with van der Waals surface area (Å²) in [6.45, 7) is 5.41. The van der Waals surface area contributed by atoms with Crippen molar-refractivity contribution in [1.82, 2.24) is 0 Å². The highest BCUT2D eigenvalue weighted by Crippen LogP contribution is 2.28. The summed E-state index contributed by atoms with van der Waals surface area (Å²) in [5.74, 6) is -3.05. The maximum Gasteiger partial charge on any atom is 0.350 e. The van der Waals surface area contributed by atoms with E-state index >= 15 is 0 Å². The number of esters is 2. The average Bonchev–Trinajstić information content (AvgIpc) is 2.91. The molecule has 1 fully saturated rings. The number of carbonyl (C=O) groups excluding carboxylic acids is 2. The minimum atomic E-state index is -2.43. The van der Waals surface area contributed by atoms with Crippen LogP contribution in [0.15, 0.2) is 0 Å². The average molecular weight is 276 g/mol. The van der Waals surface area contributed by atoms with Crippen LogP contribution < -0.4 is 0 Å². The van der Waals surface area contributed by atoms with Crippen molar-refractivity contribution < 1.29 is 33.6 Å². The van der Waals surface area contributed by atoms with E-state index < -0.39 is 29.7 Å². The maximum absolute atomic E-state index is 11.9. The Kier molecular flexibility index (Phi) is 5.71. The monoisotopic (exact) mass is 276 g/mol. The fraction of sp³-hybridized carbons (Fsp3) is 0.833. The largest absolute Gasteiger partial charge is 0.463 e. The van der Waals surface area contributed by atoms with Gasteiger partial charge >= 0.3 is 11.9 Å². The molecule has 19 heavy (non-hydrogen) atoms. The highest BCUT2D eigenvalue weighted by Gasteiger charge is 2.55. The van der Waals surface area contributed by atoms with Crippen LogP contribution in [0.4, 0.5) is 0 Å². The lowest BCUT2D eigenvalue weighted by Gasteiger charge is -2.31. The minimum absolute atomic E-state index is 0.0413. The van der Waals surface area contributed by atoms with E-state index in [2.05, 4.69) is 0 Å². The summed E-state index contributed by atoms with van der Waals surface area (Å²) < 4.78 is 19.9. The summed E-state index contributed by atoms with van der Waals surface area (Å²) in [6, 6.07) is 0. The van der Waals surface area contributed by atoms with Gasteiger partial charge in [-0.2, -0.15) is 0 Å². The first-order valence-corrected chi connectivity index (χ1v) is 6.28. The van der Waals surface area contributed by atoms with Gasteiger partial charge in [0.1, 0.15) is 0 Å².